The second-order valence-electron chi connectivity index (χ2n) is 7.76. The Labute approximate surface area is 155 Å². The van der Waals surface area contributed by atoms with Crippen molar-refractivity contribution in [3.63, 3.8) is 0 Å². The van der Waals surface area contributed by atoms with Crippen molar-refractivity contribution in [2.24, 2.45) is 11.8 Å². The van der Waals surface area contributed by atoms with Crippen LogP contribution in [0.4, 0.5) is 0 Å². The minimum atomic E-state index is 0.0317. The first kappa shape index (κ1) is 17.2. The molecule has 1 atom stereocenters. The maximum atomic E-state index is 12.9. The van der Waals surface area contributed by atoms with Gasteiger partial charge in [0.25, 0.3) is 0 Å². The standard InChI is InChI=1S/C22H27N3O/c1-24-12-13-25(15-17-6-7-17)16-20(22(24)26)14-19-4-2-3-5-21(19)18-8-10-23-11-9-18/h2-5,8-11,17,20H,6-7,12-16H2,1H3. The number of nitrogens with zero attached hydrogens (tertiary/aromatic N) is 3. The number of amides is 1. The zero-order chi connectivity index (χ0) is 17.9. The van der Waals surface area contributed by atoms with Crippen molar-refractivity contribution < 1.29 is 4.79 Å². The highest BCUT2D eigenvalue weighted by atomic mass is 16.2. The fourth-order valence-corrected chi connectivity index (χ4v) is 3.95. The van der Waals surface area contributed by atoms with Crippen molar-refractivity contribution in [2.75, 3.05) is 33.2 Å². The van der Waals surface area contributed by atoms with E-state index in [1.54, 1.807) is 0 Å². The van der Waals surface area contributed by atoms with E-state index in [1.807, 2.05) is 36.5 Å². The van der Waals surface area contributed by atoms with E-state index in [2.05, 4.69) is 34.1 Å². The van der Waals surface area contributed by atoms with E-state index in [0.29, 0.717) is 0 Å². The molecule has 1 saturated carbocycles. The second kappa shape index (κ2) is 7.58. The molecule has 0 N–H and O–H groups in total. The van der Waals surface area contributed by atoms with Gasteiger partial charge in [-0.3, -0.25) is 9.78 Å². The zero-order valence-corrected chi connectivity index (χ0v) is 15.5. The molecule has 136 valence electrons. The van der Waals surface area contributed by atoms with Crippen LogP contribution in [-0.4, -0.2) is 53.9 Å². The second-order valence-corrected chi connectivity index (χ2v) is 7.76. The Hall–Kier alpha value is -2.20. The van der Waals surface area contributed by atoms with Gasteiger partial charge in [-0.25, -0.2) is 0 Å². The molecule has 26 heavy (non-hydrogen) atoms. The minimum Gasteiger partial charge on any atom is -0.344 e. The van der Waals surface area contributed by atoms with Gasteiger partial charge in [-0.15, -0.1) is 0 Å². The van der Waals surface area contributed by atoms with Crippen molar-refractivity contribution >= 4 is 5.91 Å². The quantitative estimate of drug-likeness (QED) is 0.832. The topological polar surface area (TPSA) is 36.4 Å². The van der Waals surface area contributed by atoms with Crippen molar-refractivity contribution in [1.29, 1.82) is 0 Å². The molecule has 1 aliphatic carbocycles. The Bertz CT molecular complexity index is 757. The number of hydrogen-bond acceptors (Lipinski definition) is 3. The number of likely N-dealkylation sites (N-methyl/N-ethyl adjacent to an activating group) is 1. The highest BCUT2D eigenvalue weighted by molar-refractivity contribution is 5.80. The average molecular weight is 349 g/mol. The van der Waals surface area contributed by atoms with Gasteiger partial charge in [-0.2, -0.15) is 0 Å². The summed E-state index contributed by atoms with van der Waals surface area (Å²) in [5, 5.41) is 0. The maximum absolute atomic E-state index is 12.9. The Morgan fingerprint density at radius 3 is 2.62 bits per heavy atom. The molecule has 0 spiro atoms. The molecule has 0 bridgehead atoms. The zero-order valence-electron chi connectivity index (χ0n) is 15.5. The molecule has 4 nitrogen and oxygen atoms in total. The molecular formula is C22H27N3O. The highest BCUT2D eigenvalue weighted by Gasteiger charge is 2.32. The number of pyridine rings is 1. The minimum absolute atomic E-state index is 0.0317. The lowest BCUT2D eigenvalue weighted by molar-refractivity contribution is -0.133. The molecule has 1 unspecified atom stereocenters. The summed E-state index contributed by atoms with van der Waals surface area (Å²) in [6, 6.07) is 12.5. The molecule has 2 fully saturated rings. The number of benzene rings is 1. The molecule has 2 aromatic rings. The van der Waals surface area contributed by atoms with Crippen molar-refractivity contribution in [3.8, 4) is 11.1 Å². The van der Waals surface area contributed by atoms with Crippen molar-refractivity contribution in [2.45, 2.75) is 19.3 Å². The molecule has 2 aliphatic rings. The van der Waals surface area contributed by atoms with Gasteiger partial charge in [0.15, 0.2) is 0 Å². The lowest BCUT2D eigenvalue weighted by Crippen LogP contribution is -2.35. The van der Waals surface area contributed by atoms with Crippen LogP contribution in [-0.2, 0) is 11.2 Å². The van der Waals surface area contributed by atoms with Crippen LogP contribution in [0.1, 0.15) is 18.4 Å². The summed E-state index contributed by atoms with van der Waals surface area (Å²) in [4.78, 5) is 21.5. The summed E-state index contributed by atoms with van der Waals surface area (Å²) in [5.41, 5.74) is 3.63. The monoisotopic (exact) mass is 349 g/mol. The molecular weight excluding hydrogens is 322 g/mol. The van der Waals surface area contributed by atoms with Crippen molar-refractivity contribution in [3.05, 3.63) is 54.4 Å². The number of carbonyl (C=O) groups excluding carboxylic acids is 1. The first-order valence-electron chi connectivity index (χ1n) is 9.66. The van der Waals surface area contributed by atoms with E-state index in [1.165, 1.54) is 29.5 Å². The van der Waals surface area contributed by atoms with Crippen LogP contribution >= 0.6 is 0 Å². The van der Waals surface area contributed by atoms with Gasteiger partial charge in [-0.1, -0.05) is 24.3 Å². The largest absolute Gasteiger partial charge is 0.344 e. The molecule has 0 radical (unpaired) electrons. The molecule has 1 aromatic carbocycles. The van der Waals surface area contributed by atoms with E-state index in [-0.39, 0.29) is 11.8 Å². The van der Waals surface area contributed by atoms with Gasteiger partial charge in [0.1, 0.15) is 0 Å². The van der Waals surface area contributed by atoms with Gasteiger partial charge in [-0.05, 0) is 54.0 Å². The molecule has 1 amide bonds. The van der Waals surface area contributed by atoms with Crippen LogP contribution < -0.4 is 0 Å². The van der Waals surface area contributed by atoms with Gasteiger partial charge in [0.2, 0.25) is 5.91 Å². The fourth-order valence-electron chi connectivity index (χ4n) is 3.95. The average Bonchev–Trinajstić information content (AvgIpc) is 3.50. The van der Waals surface area contributed by atoms with Gasteiger partial charge in [0.05, 0.1) is 5.92 Å². The summed E-state index contributed by atoms with van der Waals surface area (Å²) in [7, 11) is 1.95. The predicted octanol–water partition coefficient (Wildman–Crippen LogP) is 3.09. The first-order valence-corrected chi connectivity index (χ1v) is 9.66. The summed E-state index contributed by atoms with van der Waals surface area (Å²) < 4.78 is 0. The Balaban J connectivity index is 1.57. The van der Waals surface area contributed by atoms with Crippen molar-refractivity contribution in [1.82, 2.24) is 14.8 Å². The SMILES string of the molecule is CN1CCN(CC2CC2)CC(Cc2ccccc2-c2ccncc2)C1=O. The van der Waals surface area contributed by atoms with Crippen LogP contribution in [0.5, 0.6) is 0 Å². The van der Waals surface area contributed by atoms with Gasteiger partial charge >= 0.3 is 0 Å². The number of hydrogen-bond donors (Lipinski definition) is 0. The molecule has 1 saturated heterocycles. The van der Waals surface area contributed by atoms with Crippen LogP contribution in [0, 0.1) is 11.8 Å². The lowest BCUT2D eigenvalue weighted by atomic mass is 9.91. The third kappa shape index (κ3) is 3.96. The Morgan fingerprint density at radius 1 is 1.08 bits per heavy atom. The van der Waals surface area contributed by atoms with E-state index >= 15 is 0 Å². The molecule has 1 aromatic heterocycles. The molecule has 4 heteroatoms. The van der Waals surface area contributed by atoms with Crippen LogP contribution in [0.2, 0.25) is 0 Å². The van der Waals surface area contributed by atoms with Crippen LogP contribution in [0.15, 0.2) is 48.8 Å². The first-order chi connectivity index (χ1) is 12.7. The summed E-state index contributed by atoms with van der Waals surface area (Å²) >= 11 is 0. The van der Waals surface area contributed by atoms with Crippen LogP contribution in [0.25, 0.3) is 11.1 Å². The molecule has 4 rings (SSSR count). The van der Waals surface area contributed by atoms with Gasteiger partial charge < -0.3 is 9.80 Å². The van der Waals surface area contributed by atoms with E-state index < -0.39 is 0 Å². The number of aromatic nitrogens is 1. The predicted molar refractivity (Wildman–Crippen MR) is 104 cm³/mol. The summed E-state index contributed by atoms with van der Waals surface area (Å²) in [6.07, 6.45) is 7.16. The Kier molecular flexibility index (Phi) is 5.02. The highest BCUT2D eigenvalue weighted by Crippen LogP contribution is 2.31. The van der Waals surface area contributed by atoms with Crippen LogP contribution in [0.3, 0.4) is 0 Å². The number of rotatable bonds is 5. The third-order valence-corrected chi connectivity index (χ3v) is 5.64. The lowest BCUT2D eigenvalue weighted by Gasteiger charge is -2.23. The maximum Gasteiger partial charge on any atom is 0.227 e. The summed E-state index contributed by atoms with van der Waals surface area (Å²) in [5.74, 6) is 1.18. The van der Waals surface area contributed by atoms with E-state index in [9.17, 15) is 4.79 Å². The van der Waals surface area contributed by atoms with E-state index in [4.69, 9.17) is 0 Å². The summed E-state index contributed by atoms with van der Waals surface area (Å²) in [6.45, 7) is 3.88. The molecule has 2 heterocycles. The normalized spacial score (nSPS) is 21.7. The Morgan fingerprint density at radius 2 is 1.85 bits per heavy atom. The van der Waals surface area contributed by atoms with Gasteiger partial charge in [0, 0.05) is 45.6 Å². The molecule has 1 aliphatic heterocycles. The van der Waals surface area contributed by atoms with E-state index in [0.717, 1.165) is 38.5 Å². The smallest absolute Gasteiger partial charge is 0.227 e. The third-order valence-electron chi connectivity index (χ3n) is 5.64. The fraction of sp³-hybridized carbons (Fsp3) is 0.455. The number of carbonyl (C=O) groups is 1.